The van der Waals surface area contributed by atoms with Crippen LogP contribution in [0.15, 0.2) is 59.6 Å². The maximum Gasteiger partial charge on any atom is 0.192 e. The van der Waals surface area contributed by atoms with Gasteiger partial charge in [-0.15, -0.1) is 0 Å². The van der Waals surface area contributed by atoms with E-state index >= 15 is 0 Å². The van der Waals surface area contributed by atoms with Crippen LogP contribution in [0.5, 0.6) is 0 Å². The molecule has 4 rings (SSSR count). The topological polar surface area (TPSA) is 39.1 Å². The van der Waals surface area contributed by atoms with Gasteiger partial charge in [0.2, 0.25) is 0 Å². The van der Waals surface area contributed by atoms with E-state index in [-0.39, 0.29) is 16.9 Å². The maximum absolute atomic E-state index is 12.5. The Morgan fingerprint density at radius 3 is 2.79 bits per heavy atom. The van der Waals surface area contributed by atoms with Gasteiger partial charge in [-0.1, -0.05) is 67.3 Å². The third kappa shape index (κ3) is 5.07. The average Bonchev–Trinajstić information content (AvgIpc) is 2.92. The highest BCUT2D eigenvalue weighted by molar-refractivity contribution is 5.93. The van der Waals surface area contributed by atoms with Crippen LogP contribution in [0.25, 0.3) is 23.3 Å². The Hall–Kier alpha value is -3.64. The molecule has 2 aliphatic carbocycles. The number of fused-ring (bicyclic) bond motifs is 1. The highest BCUT2D eigenvalue weighted by Gasteiger charge is 2.15. The van der Waals surface area contributed by atoms with Crippen LogP contribution in [0.2, 0.25) is 0 Å². The van der Waals surface area contributed by atoms with Crippen molar-refractivity contribution in [3.8, 4) is 11.8 Å². The Morgan fingerprint density at radius 2 is 2.00 bits per heavy atom. The summed E-state index contributed by atoms with van der Waals surface area (Å²) in [4.78, 5) is 23.9. The van der Waals surface area contributed by atoms with E-state index < -0.39 is 0 Å². The van der Waals surface area contributed by atoms with Gasteiger partial charge < -0.3 is 4.57 Å². The number of pyridine rings is 1. The van der Waals surface area contributed by atoms with Gasteiger partial charge in [-0.05, 0) is 60.9 Å². The molecule has 33 heavy (non-hydrogen) atoms. The van der Waals surface area contributed by atoms with Crippen LogP contribution in [0.3, 0.4) is 0 Å². The van der Waals surface area contributed by atoms with Crippen molar-refractivity contribution in [1.82, 2.24) is 4.57 Å². The molecule has 0 saturated carbocycles. The molecular weight excluding hydrogens is 406 g/mol. The molecule has 0 bridgehead atoms. The maximum atomic E-state index is 12.5. The molecule has 1 aromatic carbocycles. The number of rotatable bonds is 5. The minimum Gasteiger partial charge on any atom is -0.346 e. The highest BCUT2D eigenvalue weighted by atomic mass is 16.1. The molecule has 0 fully saturated rings. The Labute approximate surface area is 195 Å². The van der Waals surface area contributed by atoms with Gasteiger partial charge in [0.05, 0.1) is 11.3 Å². The second-order valence-corrected chi connectivity index (χ2v) is 8.57. The van der Waals surface area contributed by atoms with Crippen LogP contribution in [0.1, 0.15) is 72.3 Å². The molecular formula is C30H29NO2. The fourth-order valence-corrected chi connectivity index (χ4v) is 4.32. The molecule has 166 valence electrons. The monoisotopic (exact) mass is 435 g/mol. The number of benzene rings is 1. The summed E-state index contributed by atoms with van der Waals surface area (Å²) in [6.07, 6.45) is 19.7. The fourth-order valence-electron chi connectivity index (χ4n) is 4.32. The second kappa shape index (κ2) is 10.3. The number of hydrogen-bond donors (Lipinski definition) is 0. The largest absolute Gasteiger partial charge is 0.346 e. The van der Waals surface area contributed by atoms with Gasteiger partial charge in [-0.2, -0.15) is 0 Å². The zero-order chi connectivity index (χ0) is 23.2. The predicted octanol–water partition coefficient (Wildman–Crippen LogP) is 6.40. The third-order valence-electron chi connectivity index (χ3n) is 5.96. The Kier molecular flexibility index (Phi) is 7.05. The van der Waals surface area contributed by atoms with E-state index in [4.69, 9.17) is 0 Å². The van der Waals surface area contributed by atoms with Gasteiger partial charge >= 0.3 is 0 Å². The molecule has 1 atom stereocenters. The van der Waals surface area contributed by atoms with Crippen molar-refractivity contribution < 1.29 is 4.79 Å². The average molecular weight is 436 g/mol. The van der Waals surface area contributed by atoms with Crippen LogP contribution < -0.4 is 5.43 Å². The van der Waals surface area contributed by atoms with Gasteiger partial charge in [-0.3, -0.25) is 9.59 Å². The van der Waals surface area contributed by atoms with E-state index in [0.717, 1.165) is 48.1 Å². The van der Waals surface area contributed by atoms with Crippen LogP contribution in [-0.4, -0.2) is 10.9 Å². The van der Waals surface area contributed by atoms with Crippen LogP contribution in [0, 0.1) is 17.8 Å². The number of carbonyl (C=O) groups excluding carboxylic acids is 1. The Morgan fingerprint density at radius 1 is 1.18 bits per heavy atom. The summed E-state index contributed by atoms with van der Waals surface area (Å²) >= 11 is 0. The van der Waals surface area contributed by atoms with E-state index in [1.54, 1.807) is 12.3 Å². The lowest BCUT2D eigenvalue weighted by atomic mass is 9.92. The summed E-state index contributed by atoms with van der Waals surface area (Å²) in [6, 6.07) is 7.96. The number of allylic oxidation sites excluding steroid dienone is 6. The molecule has 3 heteroatoms. The highest BCUT2D eigenvalue weighted by Crippen LogP contribution is 2.31. The molecule has 2 aliphatic rings. The first-order valence-corrected chi connectivity index (χ1v) is 11.7. The number of aromatic nitrogens is 1. The van der Waals surface area contributed by atoms with E-state index in [1.165, 1.54) is 11.1 Å². The van der Waals surface area contributed by atoms with Crippen molar-refractivity contribution in [2.45, 2.75) is 46.1 Å². The Balaban J connectivity index is 1.89. The SMILES string of the molecule is CCCn1cc(C=O)c(=O)cc1C1=CC(c2cccc3c2C=CCCC/C=C\3)=CC(C)C#C1. The number of aryl methyl sites for hydroxylation is 1. The molecule has 0 N–H and O–H groups in total. The first kappa shape index (κ1) is 22.6. The summed E-state index contributed by atoms with van der Waals surface area (Å²) in [7, 11) is 0. The van der Waals surface area contributed by atoms with Gasteiger partial charge in [-0.25, -0.2) is 0 Å². The number of carbonyl (C=O) groups is 1. The second-order valence-electron chi connectivity index (χ2n) is 8.57. The summed E-state index contributed by atoms with van der Waals surface area (Å²) in [5, 5.41) is 0. The van der Waals surface area contributed by atoms with E-state index in [0.29, 0.717) is 12.8 Å². The minimum atomic E-state index is -0.271. The number of nitrogens with zero attached hydrogens (tertiary/aromatic N) is 1. The predicted molar refractivity (Wildman–Crippen MR) is 138 cm³/mol. The van der Waals surface area contributed by atoms with Gasteiger partial charge in [0, 0.05) is 30.3 Å². The molecule has 1 heterocycles. The lowest BCUT2D eigenvalue weighted by Crippen LogP contribution is -2.16. The summed E-state index contributed by atoms with van der Waals surface area (Å²) < 4.78 is 1.97. The summed E-state index contributed by atoms with van der Waals surface area (Å²) in [6.45, 7) is 4.87. The van der Waals surface area contributed by atoms with E-state index in [2.05, 4.69) is 80.3 Å². The van der Waals surface area contributed by atoms with Gasteiger partial charge in [0.1, 0.15) is 0 Å². The Bertz CT molecular complexity index is 1310. The normalized spacial score (nSPS) is 18.3. The standard InChI is InChI=1S/C30H29NO2/c1-3-16-31-20-26(21-32)30(33)19-29(31)24-15-14-22(2)17-25(18-24)28-13-9-11-23-10-7-5-4-6-8-12-27(23)28/h7-13,17-22H,3-6,16H2,1-2H3/b10-7-,12-8?. The van der Waals surface area contributed by atoms with Gasteiger partial charge in [0.25, 0.3) is 0 Å². The smallest absolute Gasteiger partial charge is 0.192 e. The first-order valence-electron chi connectivity index (χ1n) is 11.7. The van der Waals surface area contributed by atoms with Crippen molar-refractivity contribution in [1.29, 1.82) is 0 Å². The zero-order valence-electron chi connectivity index (χ0n) is 19.3. The van der Waals surface area contributed by atoms with Crippen molar-refractivity contribution >= 4 is 29.6 Å². The molecule has 0 aliphatic heterocycles. The summed E-state index contributed by atoms with van der Waals surface area (Å²) in [5.41, 5.74) is 6.10. The third-order valence-corrected chi connectivity index (χ3v) is 5.96. The summed E-state index contributed by atoms with van der Waals surface area (Å²) in [5.74, 6) is 6.68. The lowest BCUT2D eigenvalue weighted by molar-refractivity contribution is 0.112. The quantitative estimate of drug-likeness (QED) is 0.403. The van der Waals surface area contributed by atoms with Crippen molar-refractivity contribution in [3.63, 3.8) is 0 Å². The minimum absolute atomic E-state index is 0.0704. The molecule has 1 unspecified atom stereocenters. The number of hydrogen-bond acceptors (Lipinski definition) is 2. The molecule has 3 nitrogen and oxygen atoms in total. The molecule has 0 radical (unpaired) electrons. The number of aldehydes is 1. The van der Waals surface area contributed by atoms with Crippen molar-refractivity contribution in [2.24, 2.45) is 5.92 Å². The molecule has 0 saturated heterocycles. The fraction of sp³-hybridized carbons (Fsp3) is 0.267. The molecule has 1 aromatic heterocycles. The first-order chi connectivity index (χ1) is 16.1. The molecule has 0 amide bonds. The van der Waals surface area contributed by atoms with E-state index in [9.17, 15) is 9.59 Å². The molecule has 2 aromatic rings. The van der Waals surface area contributed by atoms with Crippen LogP contribution in [0.4, 0.5) is 0 Å². The molecule has 0 spiro atoms. The lowest BCUT2D eigenvalue weighted by Gasteiger charge is -2.15. The van der Waals surface area contributed by atoms with Crippen molar-refractivity contribution in [3.05, 3.63) is 92.9 Å². The van der Waals surface area contributed by atoms with E-state index in [1.807, 2.05) is 4.57 Å². The van der Waals surface area contributed by atoms with Gasteiger partial charge in [0.15, 0.2) is 11.7 Å². The van der Waals surface area contributed by atoms with Crippen LogP contribution in [-0.2, 0) is 6.54 Å². The zero-order valence-corrected chi connectivity index (χ0v) is 19.3. The van der Waals surface area contributed by atoms with Crippen LogP contribution >= 0.6 is 0 Å². The van der Waals surface area contributed by atoms with Crippen molar-refractivity contribution in [2.75, 3.05) is 0 Å².